The number of aliphatic carboxylic acids is 1. The van der Waals surface area contributed by atoms with E-state index in [4.69, 9.17) is 4.74 Å². The van der Waals surface area contributed by atoms with E-state index in [1.165, 1.54) is 10.5 Å². The van der Waals surface area contributed by atoms with Crippen molar-refractivity contribution in [3.63, 3.8) is 0 Å². The minimum absolute atomic E-state index is 0.0634. The largest absolute Gasteiger partial charge is 0.480 e. The number of carboxylic acids is 1. The molecule has 0 heterocycles. The van der Waals surface area contributed by atoms with E-state index in [0.29, 0.717) is 19.4 Å². The van der Waals surface area contributed by atoms with Gasteiger partial charge in [-0.3, -0.25) is 4.90 Å². The van der Waals surface area contributed by atoms with Gasteiger partial charge in [0, 0.05) is 18.2 Å². The van der Waals surface area contributed by atoms with Gasteiger partial charge in [-0.1, -0.05) is 99.1 Å². The Morgan fingerprint density at radius 2 is 1.54 bits per heavy atom. The number of ether oxygens (including phenoxy) is 1. The Kier molecular flexibility index (Phi) is 9.29. The van der Waals surface area contributed by atoms with Crippen LogP contribution in [0.4, 0.5) is 4.79 Å². The molecule has 2 atom stereocenters. The van der Waals surface area contributed by atoms with Gasteiger partial charge in [0.15, 0.2) is 0 Å². The van der Waals surface area contributed by atoms with Gasteiger partial charge in [-0.2, -0.15) is 11.8 Å². The van der Waals surface area contributed by atoms with E-state index in [1.54, 1.807) is 11.8 Å². The van der Waals surface area contributed by atoms with Gasteiger partial charge in [0.2, 0.25) is 0 Å². The summed E-state index contributed by atoms with van der Waals surface area (Å²) >= 11 is 1.79. The smallest absolute Gasteiger partial charge is 0.410 e. The first-order valence-corrected chi connectivity index (χ1v) is 14.1. The van der Waals surface area contributed by atoms with Crippen LogP contribution in [0.15, 0.2) is 78.9 Å². The topological polar surface area (TPSA) is 66.8 Å². The lowest BCUT2D eigenvalue weighted by atomic mass is 9.97. The number of carbonyl (C=O) groups is 2. The summed E-state index contributed by atoms with van der Waals surface area (Å²) in [5, 5.41) is 10.0. The number of thioether (sulfide) groups is 1. The predicted octanol–water partition coefficient (Wildman–Crippen LogP) is 7.06. The standard InChI is InChI=1S/C31H35NO4S/c1-3-22(2)29(30(33)34)32(18-11-19-37-21-23-12-5-4-6-13-23)31(35)36-20-28-26-16-9-7-14-24(26)25-15-8-10-17-27(25)28/h4-10,12-17,22,28-29H,3,11,18-21H2,1-2H3,(H,33,34)/t22-,29-/m0/s1. The SMILES string of the molecule is CC[C@H](C)[C@@H](C(=O)O)N(CCCSCc1ccccc1)C(=O)OCC1c2ccccc2-c2ccccc21. The van der Waals surface area contributed by atoms with Gasteiger partial charge in [-0.25, -0.2) is 9.59 Å². The van der Waals surface area contributed by atoms with Crippen molar-refractivity contribution in [3.05, 3.63) is 95.6 Å². The number of fused-ring (bicyclic) bond motifs is 3. The second-order valence-electron chi connectivity index (χ2n) is 9.56. The molecule has 1 aliphatic rings. The number of benzene rings is 3. The van der Waals surface area contributed by atoms with Crippen molar-refractivity contribution in [3.8, 4) is 11.1 Å². The van der Waals surface area contributed by atoms with E-state index in [0.717, 1.165) is 33.8 Å². The summed E-state index contributed by atoms with van der Waals surface area (Å²) in [6.07, 6.45) is 0.803. The Morgan fingerprint density at radius 3 is 2.14 bits per heavy atom. The Morgan fingerprint density at radius 1 is 0.946 bits per heavy atom. The summed E-state index contributed by atoms with van der Waals surface area (Å²) in [6.45, 7) is 4.36. The van der Waals surface area contributed by atoms with E-state index in [1.807, 2.05) is 56.3 Å². The number of hydrogen-bond donors (Lipinski definition) is 1. The molecule has 0 aliphatic heterocycles. The summed E-state index contributed by atoms with van der Waals surface area (Å²) in [6, 6.07) is 25.7. The molecule has 3 aromatic rings. The summed E-state index contributed by atoms with van der Waals surface area (Å²) in [7, 11) is 0. The van der Waals surface area contributed by atoms with E-state index >= 15 is 0 Å². The number of hydrogen-bond acceptors (Lipinski definition) is 4. The molecule has 1 amide bonds. The van der Waals surface area contributed by atoms with Crippen LogP contribution in [0, 0.1) is 5.92 Å². The molecule has 37 heavy (non-hydrogen) atoms. The van der Waals surface area contributed by atoms with Crippen LogP contribution in [0.5, 0.6) is 0 Å². The second kappa shape index (κ2) is 12.8. The number of carbonyl (C=O) groups excluding carboxylic acids is 1. The molecule has 0 spiro atoms. The van der Waals surface area contributed by atoms with Gasteiger partial charge in [0.05, 0.1) is 0 Å². The van der Waals surface area contributed by atoms with E-state index in [9.17, 15) is 14.7 Å². The third-order valence-corrected chi connectivity index (χ3v) is 8.26. The fourth-order valence-electron chi connectivity index (χ4n) is 5.03. The zero-order valence-electron chi connectivity index (χ0n) is 21.5. The highest BCUT2D eigenvalue weighted by Crippen LogP contribution is 2.44. The monoisotopic (exact) mass is 517 g/mol. The first-order chi connectivity index (χ1) is 18.0. The van der Waals surface area contributed by atoms with E-state index < -0.39 is 18.1 Å². The molecule has 0 fully saturated rings. The Balaban J connectivity index is 1.43. The summed E-state index contributed by atoms with van der Waals surface area (Å²) in [5.74, 6) is 0.482. The molecule has 0 saturated heterocycles. The maximum absolute atomic E-state index is 13.4. The minimum Gasteiger partial charge on any atom is -0.480 e. The van der Waals surface area contributed by atoms with Crippen LogP contribution >= 0.6 is 11.8 Å². The molecule has 0 aromatic heterocycles. The lowest BCUT2D eigenvalue weighted by Gasteiger charge is -2.32. The van der Waals surface area contributed by atoms with E-state index in [-0.39, 0.29) is 18.4 Å². The number of rotatable bonds is 12. The Hall–Kier alpha value is -3.25. The molecule has 0 bridgehead atoms. The molecule has 0 radical (unpaired) electrons. The predicted molar refractivity (Wildman–Crippen MR) is 150 cm³/mol. The van der Waals surface area contributed by atoms with Crippen molar-refractivity contribution in [2.45, 2.75) is 44.4 Å². The average Bonchev–Trinajstić information content (AvgIpc) is 3.24. The third-order valence-electron chi connectivity index (χ3n) is 7.14. The quantitative estimate of drug-likeness (QED) is 0.261. The van der Waals surface area contributed by atoms with Crippen molar-refractivity contribution in [1.29, 1.82) is 0 Å². The maximum Gasteiger partial charge on any atom is 0.410 e. The summed E-state index contributed by atoms with van der Waals surface area (Å²) < 4.78 is 5.87. The molecular weight excluding hydrogens is 482 g/mol. The second-order valence-corrected chi connectivity index (χ2v) is 10.7. The molecule has 5 nitrogen and oxygen atoms in total. The van der Waals surface area contributed by atoms with Crippen molar-refractivity contribution >= 4 is 23.8 Å². The molecule has 4 rings (SSSR count). The molecule has 194 valence electrons. The first-order valence-electron chi connectivity index (χ1n) is 13.0. The Bertz CT molecular complexity index is 1150. The van der Waals surface area contributed by atoms with Crippen LogP contribution in [-0.2, 0) is 15.3 Å². The number of amides is 1. The highest BCUT2D eigenvalue weighted by molar-refractivity contribution is 7.98. The van der Waals surface area contributed by atoms with Gasteiger partial charge in [0.25, 0.3) is 0 Å². The molecule has 1 aliphatic carbocycles. The zero-order valence-corrected chi connectivity index (χ0v) is 22.3. The third kappa shape index (κ3) is 6.37. The van der Waals surface area contributed by atoms with Crippen molar-refractivity contribution < 1.29 is 19.4 Å². The van der Waals surface area contributed by atoms with Crippen LogP contribution in [0.2, 0.25) is 0 Å². The molecular formula is C31H35NO4S. The zero-order chi connectivity index (χ0) is 26.2. The van der Waals surface area contributed by atoms with Gasteiger partial charge in [0.1, 0.15) is 12.6 Å². The van der Waals surface area contributed by atoms with Crippen LogP contribution in [-0.4, -0.2) is 47.0 Å². The number of carboxylic acid groups (broad SMARTS) is 1. The van der Waals surface area contributed by atoms with Gasteiger partial charge < -0.3 is 9.84 Å². The lowest BCUT2D eigenvalue weighted by Crippen LogP contribution is -2.49. The average molecular weight is 518 g/mol. The van der Waals surface area contributed by atoms with Crippen LogP contribution < -0.4 is 0 Å². The highest BCUT2D eigenvalue weighted by atomic mass is 32.2. The van der Waals surface area contributed by atoms with Crippen LogP contribution in [0.1, 0.15) is 49.3 Å². The van der Waals surface area contributed by atoms with Crippen molar-refractivity contribution in [2.24, 2.45) is 5.92 Å². The van der Waals surface area contributed by atoms with Crippen molar-refractivity contribution in [1.82, 2.24) is 4.90 Å². The molecule has 0 unspecified atom stereocenters. The molecule has 1 N–H and O–H groups in total. The normalized spacial score (nSPS) is 13.9. The highest BCUT2D eigenvalue weighted by Gasteiger charge is 2.35. The fraction of sp³-hybridized carbons (Fsp3) is 0.355. The molecule has 3 aromatic carbocycles. The van der Waals surface area contributed by atoms with Crippen LogP contribution in [0.3, 0.4) is 0 Å². The minimum atomic E-state index is -0.986. The first kappa shape index (κ1) is 26.8. The van der Waals surface area contributed by atoms with Gasteiger partial charge >= 0.3 is 12.1 Å². The Labute approximate surface area is 223 Å². The summed E-state index contributed by atoms with van der Waals surface area (Å²) in [5.41, 5.74) is 5.85. The van der Waals surface area contributed by atoms with Gasteiger partial charge in [-0.05, 0) is 45.9 Å². The molecule has 0 saturated carbocycles. The summed E-state index contributed by atoms with van der Waals surface area (Å²) in [4.78, 5) is 27.1. The fourth-order valence-corrected chi connectivity index (χ4v) is 5.93. The van der Waals surface area contributed by atoms with E-state index in [2.05, 4.69) is 36.4 Å². The lowest BCUT2D eigenvalue weighted by molar-refractivity contribution is -0.144. The van der Waals surface area contributed by atoms with Crippen molar-refractivity contribution in [2.75, 3.05) is 18.9 Å². The van der Waals surface area contributed by atoms with Gasteiger partial charge in [-0.15, -0.1) is 0 Å². The number of nitrogens with zero attached hydrogens (tertiary/aromatic N) is 1. The molecule has 6 heteroatoms. The maximum atomic E-state index is 13.4. The van der Waals surface area contributed by atoms with Crippen LogP contribution in [0.25, 0.3) is 11.1 Å².